The highest BCUT2D eigenvalue weighted by molar-refractivity contribution is 5.89. The first-order valence-corrected chi connectivity index (χ1v) is 5.70. The van der Waals surface area contributed by atoms with Crippen LogP contribution in [0.1, 0.15) is 6.42 Å². The van der Waals surface area contributed by atoms with Crippen molar-refractivity contribution in [2.45, 2.75) is 12.5 Å². The van der Waals surface area contributed by atoms with Gasteiger partial charge in [0.25, 0.3) is 0 Å². The third-order valence-corrected chi connectivity index (χ3v) is 2.32. The zero-order chi connectivity index (χ0) is 14.3. The van der Waals surface area contributed by atoms with Gasteiger partial charge in [0, 0.05) is 13.7 Å². The van der Waals surface area contributed by atoms with Gasteiger partial charge in [-0.25, -0.2) is 13.6 Å². The summed E-state index contributed by atoms with van der Waals surface area (Å²) in [7, 11) is 1.45. The van der Waals surface area contributed by atoms with E-state index in [2.05, 4.69) is 10.6 Å². The van der Waals surface area contributed by atoms with Crippen LogP contribution in [0.15, 0.2) is 18.2 Å². The minimum Gasteiger partial charge on any atom is -0.391 e. The maximum Gasteiger partial charge on any atom is 0.319 e. The molecule has 2 amide bonds. The van der Waals surface area contributed by atoms with Gasteiger partial charge in [-0.2, -0.15) is 0 Å². The third kappa shape index (κ3) is 5.19. The van der Waals surface area contributed by atoms with E-state index in [4.69, 9.17) is 4.74 Å². The highest BCUT2D eigenvalue weighted by Crippen LogP contribution is 2.16. The van der Waals surface area contributed by atoms with Gasteiger partial charge in [0.05, 0.1) is 18.4 Å². The number of rotatable bonds is 6. The molecule has 0 radical (unpaired) electrons. The molecule has 7 heteroatoms. The Morgan fingerprint density at radius 2 is 2.21 bits per heavy atom. The van der Waals surface area contributed by atoms with E-state index < -0.39 is 23.8 Å². The maximum absolute atomic E-state index is 13.2. The monoisotopic (exact) mass is 274 g/mol. The van der Waals surface area contributed by atoms with Crippen LogP contribution < -0.4 is 10.6 Å². The first-order valence-electron chi connectivity index (χ1n) is 5.70. The molecule has 0 saturated heterocycles. The number of halogens is 2. The Kier molecular flexibility index (Phi) is 6.17. The zero-order valence-corrected chi connectivity index (χ0v) is 10.5. The predicted octanol–water partition coefficient (Wildman–Crippen LogP) is 1.48. The summed E-state index contributed by atoms with van der Waals surface area (Å²) in [6, 6.07) is 2.82. The number of urea groups is 1. The van der Waals surface area contributed by atoms with Crippen molar-refractivity contribution in [2.24, 2.45) is 0 Å². The van der Waals surface area contributed by atoms with Gasteiger partial charge in [0.2, 0.25) is 0 Å². The molecule has 1 aromatic carbocycles. The van der Waals surface area contributed by atoms with E-state index in [1.54, 1.807) is 0 Å². The van der Waals surface area contributed by atoms with Gasteiger partial charge in [-0.1, -0.05) is 6.07 Å². The number of methoxy groups -OCH3 is 1. The average molecular weight is 274 g/mol. The van der Waals surface area contributed by atoms with Crippen LogP contribution >= 0.6 is 0 Å². The molecule has 0 aliphatic rings. The molecule has 3 N–H and O–H groups in total. The van der Waals surface area contributed by atoms with E-state index in [1.807, 2.05) is 0 Å². The van der Waals surface area contributed by atoms with E-state index in [0.717, 1.165) is 6.07 Å². The van der Waals surface area contributed by atoms with E-state index >= 15 is 0 Å². The number of amides is 2. The lowest BCUT2D eigenvalue weighted by atomic mass is 10.2. The minimum atomic E-state index is -1.11. The summed E-state index contributed by atoms with van der Waals surface area (Å²) >= 11 is 0. The number of hydrogen-bond donors (Lipinski definition) is 3. The summed E-state index contributed by atoms with van der Waals surface area (Å²) in [4.78, 5) is 11.4. The minimum absolute atomic E-state index is 0.168. The molecule has 0 aliphatic heterocycles. The molecule has 5 nitrogen and oxygen atoms in total. The Labute approximate surface area is 109 Å². The van der Waals surface area contributed by atoms with Crippen LogP contribution in [0.4, 0.5) is 19.3 Å². The second-order valence-electron chi connectivity index (χ2n) is 3.88. The molecule has 0 spiro atoms. The lowest BCUT2D eigenvalue weighted by Gasteiger charge is -2.11. The first-order chi connectivity index (χ1) is 9.04. The first kappa shape index (κ1) is 15.3. The lowest BCUT2D eigenvalue weighted by Crippen LogP contribution is -2.32. The zero-order valence-electron chi connectivity index (χ0n) is 10.5. The molecule has 0 heterocycles. The molecule has 0 fully saturated rings. The lowest BCUT2D eigenvalue weighted by molar-refractivity contribution is 0.0599. The van der Waals surface area contributed by atoms with Gasteiger partial charge in [-0.15, -0.1) is 0 Å². The number of nitrogens with one attached hydrogen (secondary N) is 2. The van der Waals surface area contributed by atoms with Crippen LogP contribution in [0, 0.1) is 11.6 Å². The molecule has 0 bridgehead atoms. The van der Waals surface area contributed by atoms with Crippen molar-refractivity contribution in [1.29, 1.82) is 0 Å². The molecule has 0 aromatic heterocycles. The molecule has 106 valence electrons. The molecule has 1 unspecified atom stereocenters. The van der Waals surface area contributed by atoms with Crippen molar-refractivity contribution in [2.75, 3.05) is 25.6 Å². The van der Waals surface area contributed by atoms with Gasteiger partial charge >= 0.3 is 6.03 Å². The largest absolute Gasteiger partial charge is 0.391 e. The van der Waals surface area contributed by atoms with E-state index in [-0.39, 0.29) is 18.8 Å². The van der Waals surface area contributed by atoms with Crippen molar-refractivity contribution >= 4 is 11.7 Å². The molecular weight excluding hydrogens is 258 g/mol. The van der Waals surface area contributed by atoms with Crippen LogP contribution in [0.2, 0.25) is 0 Å². The molecular formula is C12H16F2N2O3. The smallest absolute Gasteiger partial charge is 0.319 e. The van der Waals surface area contributed by atoms with Crippen LogP contribution in [0.3, 0.4) is 0 Å². The highest BCUT2D eigenvalue weighted by Gasteiger charge is 2.10. The van der Waals surface area contributed by atoms with Gasteiger partial charge in [0.15, 0.2) is 11.6 Å². The molecule has 0 aliphatic carbocycles. The Balaban J connectivity index is 2.37. The average Bonchev–Trinajstić information content (AvgIpc) is 2.35. The van der Waals surface area contributed by atoms with Crippen LogP contribution in [-0.2, 0) is 4.74 Å². The van der Waals surface area contributed by atoms with Crippen LogP contribution in [0.5, 0.6) is 0 Å². The molecule has 1 atom stereocenters. The third-order valence-electron chi connectivity index (χ3n) is 2.32. The van der Waals surface area contributed by atoms with E-state index in [1.165, 1.54) is 19.2 Å². The number of ether oxygens (including phenoxy) is 1. The second-order valence-corrected chi connectivity index (χ2v) is 3.88. The molecule has 1 rings (SSSR count). The summed E-state index contributed by atoms with van der Waals surface area (Å²) in [6.45, 7) is 0.356. The fourth-order valence-corrected chi connectivity index (χ4v) is 1.39. The fraction of sp³-hybridized carbons (Fsp3) is 0.417. The molecule has 0 saturated carbocycles. The summed E-state index contributed by atoms with van der Waals surface area (Å²) in [5.41, 5.74) is -0.241. The van der Waals surface area contributed by atoms with Crippen molar-refractivity contribution in [3.8, 4) is 0 Å². The highest BCUT2D eigenvalue weighted by atomic mass is 19.2. The predicted molar refractivity (Wildman–Crippen MR) is 65.9 cm³/mol. The topological polar surface area (TPSA) is 70.6 Å². The number of carbonyl (C=O) groups excluding carboxylic acids is 1. The SMILES string of the molecule is COCC(O)CCNC(=O)Nc1cccc(F)c1F. The summed E-state index contributed by atoms with van der Waals surface area (Å²) in [5.74, 6) is -2.15. The van der Waals surface area contributed by atoms with Crippen molar-refractivity contribution in [1.82, 2.24) is 5.32 Å². The molecule has 1 aromatic rings. The van der Waals surface area contributed by atoms with E-state index in [0.29, 0.717) is 6.42 Å². The Morgan fingerprint density at radius 3 is 2.89 bits per heavy atom. The molecule has 19 heavy (non-hydrogen) atoms. The van der Waals surface area contributed by atoms with Crippen molar-refractivity contribution in [3.63, 3.8) is 0 Å². The van der Waals surface area contributed by atoms with Gasteiger partial charge < -0.3 is 20.5 Å². The second kappa shape index (κ2) is 7.65. The Morgan fingerprint density at radius 1 is 1.47 bits per heavy atom. The summed E-state index contributed by atoms with van der Waals surface area (Å²) < 4.78 is 30.8. The van der Waals surface area contributed by atoms with Gasteiger partial charge in [-0.3, -0.25) is 0 Å². The standard InChI is InChI=1S/C12H16F2N2O3/c1-19-7-8(17)5-6-15-12(18)16-10-4-2-3-9(13)11(10)14/h2-4,8,17H,5-7H2,1H3,(H2,15,16,18). The van der Waals surface area contributed by atoms with Gasteiger partial charge in [0.1, 0.15) is 0 Å². The fourth-order valence-electron chi connectivity index (χ4n) is 1.39. The quantitative estimate of drug-likeness (QED) is 0.736. The number of benzene rings is 1. The van der Waals surface area contributed by atoms with Crippen LogP contribution in [0.25, 0.3) is 0 Å². The normalized spacial score (nSPS) is 12.0. The number of aliphatic hydroxyl groups excluding tert-OH is 1. The maximum atomic E-state index is 13.2. The number of carbonyl (C=O) groups is 1. The van der Waals surface area contributed by atoms with Gasteiger partial charge in [-0.05, 0) is 18.6 Å². The Hall–Kier alpha value is -1.73. The number of anilines is 1. The summed E-state index contributed by atoms with van der Waals surface area (Å²) in [5, 5.41) is 13.9. The summed E-state index contributed by atoms with van der Waals surface area (Å²) in [6.07, 6.45) is -0.386. The van der Waals surface area contributed by atoms with Crippen molar-refractivity contribution in [3.05, 3.63) is 29.8 Å². The Bertz CT molecular complexity index is 429. The van der Waals surface area contributed by atoms with Crippen LogP contribution in [-0.4, -0.2) is 37.5 Å². The van der Waals surface area contributed by atoms with E-state index in [9.17, 15) is 18.7 Å². The number of hydrogen-bond acceptors (Lipinski definition) is 3. The number of aliphatic hydroxyl groups is 1. The van der Waals surface area contributed by atoms with Crippen molar-refractivity contribution < 1.29 is 23.4 Å².